The average Bonchev–Trinajstić information content (AvgIpc) is 3.79. The monoisotopic (exact) mass is 1160 g/mol. The number of ether oxygens (including phenoxy) is 1. The minimum atomic E-state index is -5.08. The molecule has 0 spiro atoms. The van der Waals surface area contributed by atoms with E-state index >= 15 is 0 Å². The first-order valence-electron chi connectivity index (χ1n) is 27.5. The molecule has 2 unspecified atom stereocenters. The molecule has 18 heteroatoms. The van der Waals surface area contributed by atoms with Gasteiger partial charge in [0.25, 0.3) is 0 Å². The minimum Gasteiger partial charge on any atom is -0.475 e. The molecule has 0 radical (unpaired) electrons. The van der Waals surface area contributed by atoms with Crippen molar-refractivity contribution in [2.75, 3.05) is 50.9 Å². The molecule has 2 saturated heterocycles. The van der Waals surface area contributed by atoms with Gasteiger partial charge in [0.15, 0.2) is 0 Å². The molecule has 0 amide bonds. The van der Waals surface area contributed by atoms with E-state index in [4.69, 9.17) is 14.6 Å². The lowest BCUT2D eigenvalue weighted by Gasteiger charge is -2.37. The number of nitrogens with zero attached hydrogens (tertiary/aromatic N) is 4. The summed E-state index contributed by atoms with van der Waals surface area (Å²) < 4.78 is 127. The molecule has 6 aromatic carbocycles. The highest BCUT2D eigenvalue weighted by Gasteiger charge is 2.38. The Kier molecular flexibility index (Phi) is 19.4. The van der Waals surface area contributed by atoms with Crippen molar-refractivity contribution in [3.05, 3.63) is 204 Å². The molecular weight excluding hydrogens is 1100 g/mol. The Labute approximate surface area is 475 Å². The zero-order chi connectivity index (χ0) is 57.9. The van der Waals surface area contributed by atoms with Crippen molar-refractivity contribution in [2.24, 2.45) is 0 Å². The van der Waals surface area contributed by atoms with Crippen LogP contribution in [0.4, 0.5) is 22.0 Å². The van der Waals surface area contributed by atoms with Gasteiger partial charge in [-0.1, -0.05) is 146 Å². The van der Waals surface area contributed by atoms with E-state index in [0.717, 1.165) is 84.9 Å². The van der Waals surface area contributed by atoms with Crippen LogP contribution in [0.1, 0.15) is 85.7 Å². The first-order valence-corrected chi connectivity index (χ1v) is 30.8. The standard InChI is InChI=1S/C62H64F2N4O5S2.C2HF3O2/c63-51-31-27-47(28-32-51)17-15-43-74(69,70)67-57-25-9-3-19-49(57)45-61(67)55-23-7-5-21-53(55)59(65-37-11-1-12-38-65)35-41-73-42-36-60(66-39-13-2-14-40-66)54-22-6-8-24-56(54)62-46-50-20-4-10-26-58(50)68(62)75(71,72)44-16-18-48-29-33-52(64)34-30-48;3-2(4,5)1(6)7/h3-10,15-34,45-46,59-60H,1-2,11-14,35-44H2;(H,6,7). The molecule has 0 saturated carbocycles. The van der Waals surface area contributed by atoms with Crippen LogP contribution in [0.25, 0.3) is 56.5 Å². The Morgan fingerprint density at radius 2 is 0.878 bits per heavy atom. The third kappa shape index (κ3) is 14.5. The number of alkyl halides is 3. The highest BCUT2D eigenvalue weighted by molar-refractivity contribution is 7.90. The summed E-state index contributed by atoms with van der Waals surface area (Å²) in [6.45, 7) is 4.69. The molecule has 2 aromatic heterocycles. The lowest BCUT2D eigenvalue weighted by Crippen LogP contribution is -2.35. The number of rotatable bonds is 20. The maximum atomic E-state index is 14.5. The van der Waals surface area contributed by atoms with Crippen LogP contribution < -0.4 is 0 Å². The van der Waals surface area contributed by atoms with E-state index in [9.17, 15) is 38.8 Å². The summed E-state index contributed by atoms with van der Waals surface area (Å²) >= 11 is 0. The smallest absolute Gasteiger partial charge is 0.475 e. The Morgan fingerprint density at radius 1 is 0.524 bits per heavy atom. The van der Waals surface area contributed by atoms with Gasteiger partial charge in [-0.25, -0.2) is 38.4 Å². The molecular formula is C64H65F5N4O7S2. The number of piperidine rings is 2. The lowest BCUT2D eigenvalue weighted by molar-refractivity contribution is -0.192. The zero-order valence-corrected chi connectivity index (χ0v) is 46.8. The number of carboxylic acid groups (broad SMARTS) is 1. The molecule has 11 nitrogen and oxygen atoms in total. The van der Waals surface area contributed by atoms with E-state index in [1.165, 1.54) is 45.1 Å². The number of halogens is 5. The summed E-state index contributed by atoms with van der Waals surface area (Å²) in [7, 11) is -7.83. The summed E-state index contributed by atoms with van der Waals surface area (Å²) in [5.74, 6) is -3.95. The Balaban J connectivity index is 0.00000109. The van der Waals surface area contributed by atoms with Gasteiger partial charge in [-0.2, -0.15) is 13.2 Å². The van der Waals surface area contributed by atoms with Gasteiger partial charge in [0.1, 0.15) is 11.6 Å². The third-order valence-electron chi connectivity index (χ3n) is 15.0. The fourth-order valence-corrected chi connectivity index (χ4v) is 14.0. The van der Waals surface area contributed by atoms with E-state index in [1.807, 2.05) is 97.1 Å². The van der Waals surface area contributed by atoms with Crippen LogP contribution in [0.15, 0.2) is 170 Å². The highest BCUT2D eigenvalue weighted by atomic mass is 32.2. The summed E-state index contributed by atoms with van der Waals surface area (Å²) in [5.41, 5.74) is 7.71. The van der Waals surface area contributed by atoms with Crippen LogP contribution in [0.3, 0.4) is 0 Å². The summed E-state index contributed by atoms with van der Waals surface area (Å²) in [5, 5.41) is 8.78. The number of fused-ring (bicyclic) bond motifs is 2. The highest BCUT2D eigenvalue weighted by Crippen LogP contribution is 2.41. The second kappa shape index (κ2) is 26.8. The maximum absolute atomic E-state index is 14.5. The predicted molar refractivity (Wildman–Crippen MR) is 314 cm³/mol. The lowest BCUT2D eigenvalue weighted by atomic mass is 9.93. The van der Waals surface area contributed by atoms with E-state index in [-0.39, 0.29) is 35.2 Å². The summed E-state index contributed by atoms with van der Waals surface area (Å²) in [6, 6.07) is 47.4. The molecule has 2 atom stereocenters. The Hall–Kier alpha value is -7.22. The number of benzene rings is 6. The molecule has 2 fully saturated rings. The van der Waals surface area contributed by atoms with Gasteiger partial charge in [-0.15, -0.1) is 0 Å². The first kappa shape index (κ1) is 59.4. The normalized spacial score (nSPS) is 15.7. The molecule has 10 rings (SSSR count). The topological polar surface area (TPSA) is 131 Å². The van der Waals surface area contributed by atoms with Crippen molar-refractivity contribution >= 4 is 60.0 Å². The maximum Gasteiger partial charge on any atom is 0.490 e. The second-order valence-electron chi connectivity index (χ2n) is 20.6. The molecule has 0 aliphatic carbocycles. The van der Waals surface area contributed by atoms with E-state index in [0.29, 0.717) is 59.6 Å². The van der Waals surface area contributed by atoms with Gasteiger partial charge in [0.05, 0.1) is 33.9 Å². The van der Waals surface area contributed by atoms with Crippen LogP contribution in [0.5, 0.6) is 0 Å². The fourth-order valence-electron chi connectivity index (χ4n) is 11.2. The van der Waals surface area contributed by atoms with Crippen molar-refractivity contribution in [1.29, 1.82) is 0 Å². The van der Waals surface area contributed by atoms with Crippen molar-refractivity contribution in [3.63, 3.8) is 0 Å². The van der Waals surface area contributed by atoms with Gasteiger partial charge in [-0.05, 0) is 135 Å². The van der Waals surface area contributed by atoms with Gasteiger partial charge in [-0.3, -0.25) is 9.80 Å². The van der Waals surface area contributed by atoms with Crippen molar-refractivity contribution in [3.8, 4) is 22.5 Å². The number of carbonyl (C=O) groups is 1. The number of para-hydroxylation sites is 2. The Bertz CT molecular complexity index is 3520. The van der Waals surface area contributed by atoms with Crippen molar-refractivity contribution < 1.29 is 53.4 Å². The first-order chi connectivity index (χ1) is 39.5. The SMILES string of the molecule is O=C(O)C(F)(F)F.O=S(=O)(CC=Cc1ccc(F)cc1)n1c(-c2ccccc2C(CCOCCC(c2ccccc2-c2cc3ccccc3n2S(=O)(=O)CC=Cc2ccc(F)cc2)N2CCCCC2)N2CCCCC2)cc2ccccc21. The molecule has 1 N–H and O–H groups in total. The molecule has 2 aliphatic heterocycles. The van der Waals surface area contributed by atoms with Crippen molar-refractivity contribution in [2.45, 2.75) is 69.6 Å². The molecule has 2 aliphatic rings. The fraction of sp³-hybridized carbons (Fsp3) is 0.297. The molecule has 0 bridgehead atoms. The van der Waals surface area contributed by atoms with Crippen LogP contribution in [0.2, 0.25) is 0 Å². The van der Waals surface area contributed by atoms with Gasteiger partial charge in [0, 0.05) is 47.2 Å². The molecule has 430 valence electrons. The van der Waals surface area contributed by atoms with Gasteiger partial charge < -0.3 is 9.84 Å². The number of likely N-dealkylation sites (tertiary alicyclic amines) is 2. The molecule has 82 heavy (non-hydrogen) atoms. The largest absolute Gasteiger partial charge is 0.490 e. The molecule has 8 aromatic rings. The quantitative estimate of drug-likeness (QED) is 0.0585. The van der Waals surface area contributed by atoms with E-state index in [2.05, 4.69) is 21.9 Å². The van der Waals surface area contributed by atoms with E-state index < -0.39 is 32.2 Å². The van der Waals surface area contributed by atoms with Crippen LogP contribution in [0, 0.1) is 11.6 Å². The molecule has 4 heterocycles. The average molecular weight is 1160 g/mol. The van der Waals surface area contributed by atoms with Gasteiger partial charge in [0.2, 0.25) is 20.0 Å². The number of hydrogen-bond donors (Lipinski definition) is 1. The van der Waals surface area contributed by atoms with Gasteiger partial charge >= 0.3 is 12.1 Å². The summed E-state index contributed by atoms with van der Waals surface area (Å²) in [6.07, 6.45) is 9.64. The second-order valence-corrected chi connectivity index (χ2v) is 24.3. The number of hydrogen-bond acceptors (Lipinski definition) is 8. The number of carboxylic acids is 1. The summed E-state index contributed by atoms with van der Waals surface area (Å²) in [4.78, 5) is 14.0. The van der Waals surface area contributed by atoms with Crippen LogP contribution in [-0.2, 0) is 29.6 Å². The zero-order valence-electron chi connectivity index (χ0n) is 45.2. The van der Waals surface area contributed by atoms with Crippen LogP contribution in [-0.4, -0.2) is 103 Å². The predicted octanol–water partition coefficient (Wildman–Crippen LogP) is 14.2. The van der Waals surface area contributed by atoms with Crippen molar-refractivity contribution in [1.82, 2.24) is 17.7 Å². The number of aromatic nitrogens is 2. The Morgan fingerprint density at radius 3 is 1.26 bits per heavy atom. The third-order valence-corrected chi connectivity index (χ3v) is 18.2. The van der Waals surface area contributed by atoms with Crippen LogP contribution >= 0.6 is 0 Å². The van der Waals surface area contributed by atoms with E-state index in [1.54, 1.807) is 48.6 Å². The minimum absolute atomic E-state index is 0.0398. The number of aliphatic carboxylic acids is 1.